The van der Waals surface area contributed by atoms with E-state index in [0.29, 0.717) is 12.1 Å². The molecule has 0 N–H and O–H groups in total. The Kier molecular flexibility index (Phi) is 8.01. The van der Waals surface area contributed by atoms with Crippen molar-refractivity contribution in [3.05, 3.63) is 35.4 Å². The number of aryl methyl sites for hydroxylation is 1. The van der Waals surface area contributed by atoms with Crippen LogP contribution in [0.4, 0.5) is 0 Å². The minimum atomic E-state index is -0.367. The molecule has 1 saturated carbocycles. The first kappa shape index (κ1) is 21.1. The van der Waals surface area contributed by atoms with Gasteiger partial charge in [-0.3, -0.25) is 14.4 Å². The number of methoxy groups -OCH3 is 1. The number of ketones is 1. The highest BCUT2D eigenvalue weighted by Crippen LogP contribution is 2.24. The molecule has 27 heavy (non-hydrogen) atoms. The zero-order chi connectivity index (χ0) is 19.8. The minimum Gasteiger partial charge on any atom is -0.469 e. The lowest BCUT2D eigenvalue weighted by atomic mass is 9.93. The zero-order valence-corrected chi connectivity index (χ0v) is 16.7. The van der Waals surface area contributed by atoms with Crippen molar-refractivity contribution < 1.29 is 19.1 Å². The van der Waals surface area contributed by atoms with E-state index in [1.165, 1.54) is 13.5 Å². The fourth-order valence-electron chi connectivity index (χ4n) is 3.67. The maximum Gasteiger partial charge on any atom is 0.310 e. The van der Waals surface area contributed by atoms with Crippen molar-refractivity contribution in [3.63, 3.8) is 0 Å². The van der Waals surface area contributed by atoms with E-state index in [4.69, 9.17) is 4.74 Å². The van der Waals surface area contributed by atoms with E-state index in [-0.39, 0.29) is 42.5 Å². The standard InChI is InChI=1S/C22H31NO4/c1-16-9-11-18(12-10-16)20(24)13-14-21(25)23(15-17(2)22(26)27-3)19-7-5-4-6-8-19/h9-12,17,19H,4-8,13-15H2,1-3H3. The van der Waals surface area contributed by atoms with E-state index in [9.17, 15) is 14.4 Å². The number of esters is 1. The summed E-state index contributed by atoms with van der Waals surface area (Å²) in [6.45, 7) is 4.11. The first-order chi connectivity index (χ1) is 12.9. The number of benzene rings is 1. The van der Waals surface area contributed by atoms with Gasteiger partial charge in [0.15, 0.2) is 5.78 Å². The largest absolute Gasteiger partial charge is 0.469 e. The van der Waals surface area contributed by atoms with Crippen LogP contribution in [-0.2, 0) is 14.3 Å². The summed E-state index contributed by atoms with van der Waals surface area (Å²) in [5.41, 5.74) is 1.74. The average molecular weight is 373 g/mol. The molecule has 1 aromatic carbocycles. The Bertz CT molecular complexity index is 647. The van der Waals surface area contributed by atoms with Gasteiger partial charge in [-0.15, -0.1) is 0 Å². The zero-order valence-electron chi connectivity index (χ0n) is 16.7. The number of rotatable bonds is 8. The Balaban J connectivity index is 2.00. The second kappa shape index (κ2) is 10.2. The molecule has 0 aromatic heterocycles. The molecular weight excluding hydrogens is 342 g/mol. The van der Waals surface area contributed by atoms with E-state index in [1.807, 2.05) is 24.0 Å². The second-order valence-corrected chi connectivity index (χ2v) is 7.55. The fraction of sp³-hybridized carbons (Fsp3) is 0.591. The van der Waals surface area contributed by atoms with Crippen molar-refractivity contribution >= 4 is 17.7 Å². The van der Waals surface area contributed by atoms with Crippen molar-refractivity contribution in [1.29, 1.82) is 0 Å². The van der Waals surface area contributed by atoms with Gasteiger partial charge in [0.25, 0.3) is 0 Å². The van der Waals surface area contributed by atoms with Crippen molar-refractivity contribution in [1.82, 2.24) is 4.90 Å². The molecule has 0 heterocycles. The Morgan fingerprint density at radius 3 is 2.30 bits per heavy atom. The lowest BCUT2D eigenvalue weighted by molar-refractivity contribution is -0.147. The third kappa shape index (κ3) is 6.19. The highest BCUT2D eigenvalue weighted by atomic mass is 16.5. The molecule has 0 aliphatic heterocycles. The van der Waals surface area contributed by atoms with Crippen LogP contribution in [0.5, 0.6) is 0 Å². The first-order valence-electron chi connectivity index (χ1n) is 9.89. The monoisotopic (exact) mass is 373 g/mol. The van der Waals surface area contributed by atoms with Gasteiger partial charge in [0, 0.05) is 31.0 Å². The van der Waals surface area contributed by atoms with Crippen LogP contribution >= 0.6 is 0 Å². The molecule has 0 spiro atoms. The summed E-state index contributed by atoms with van der Waals surface area (Å²) in [5, 5.41) is 0. The Hall–Kier alpha value is -2.17. The van der Waals surface area contributed by atoms with Crippen molar-refractivity contribution in [2.45, 2.75) is 64.8 Å². The SMILES string of the molecule is COC(=O)C(C)CN(C(=O)CCC(=O)c1ccc(C)cc1)C1CCCCC1. The van der Waals surface area contributed by atoms with Crippen LogP contribution in [0.25, 0.3) is 0 Å². The molecule has 5 heteroatoms. The number of carbonyl (C=O) groups is 3. The van der Waals surface area contributed by atoms with Gasteiger partial charge in [-0.1, -0.05) is 56.0 Å². The quantitative estimate of drug-likeness (QED) is 0.512. The number of Topliss-reactive ketones (excluding diaryl/α,β-unsaturated/α-hetero) is 1. The van der Waals surface area contributed by atoms with Gasteiger partial charge in [-0.05, 0) is 19.8 Å². The van der Waals surface area contributed by atoms with E-state index in [2.05, 4.69) is 0 Å². The van der Waals surface area contributed by atoms with Gasteiger partial charge in [-0.2, -0.15) is 0 Å². The highest BCUT2D eigenvalue weighted by molar-refractivity contribution is 5.98. The summed E-state index contributed by atoms with van der Waals surface area (Å²) in [4.78, 5) is 38.9. The maximum atomic E-state index is 12.9. The van der Waals surface area contributed by atoms with Crippen LogP contribution in [0.3, 0.4) is 0 Å². The summed E-state index contributed by atoms with van der Waals surface area (Å²) >= 11 is 0. The van der Waals surface area contributed by atoms with E-state index >= 15 is 0 Å². The Labute approximate surface area is 162 Å². The van der Waals surface area contributed by atoms with Crippen LogP contribution in [0.2, 0.25) is 0 Å². The Morgan fingerprint density at radius 2 is 1.70 bits per heavy atom. The van der Waals surface area contributed by atoms with E-state index in [1.54, 1.807) is 19.1 Å². The van der Waals surface area contributed by atoms with Gasteiger partial charge in [0.1, 0.15) is 0 Å². The van der Waals surface area contributed by atoms with Gasteiger partial charge in [-0.25, -0.2) is 0 Å². The van der Waals surface area contributed by atoms with Crippen LogP contribution < -0.4 is 0 Å². The van der Waals surface area contributed by atoms with Gasteiger partial charge < -0.3 is 9.64 Å². The molecule has 1 aliphatic rings. The molecule has 1 amide bonds. The van der Waals surface area contributed by atoms with Crippen LogP contribution in [0, 0.1) is 12.8 Å². The summed E-state index contributed by atoms with van der Waals surface area (Å²) in [6.07, 6.45) is 5.69. The fourth-order valence-corrected chi connectivity index (χ4v) is 3.67. The van der Waals surface area contributed by atoms with Gasteiger partial charge in [0.2, 0.25) is 5.91 Å². The third-order valence-electron chi connectivity index (χ3n) is 5.35. The molecule has 0 radical (unpaired) electrons. The molecule has 0 bridgehead atoms. The number of carbonyl (C=O) groups excluding carboxylic acids is 3. The van der Waals surface area contributed by atoms with Gasteiger partial charge >= 0.3 is 5.97 Å². The van der Waals surface area contributed by atoms with Crippen molar-refractivity contribution in [3.8, 4) is 0 Å². The molecule has 1 atom stereocenters. The molecule has 2 rings (SSSR count). The average Bonchev–Trinajstić information content (AvgIpc) is 2.70. The van der Waals surface area contributed by atoms with Crippen molar-refractivity contribution in [2.75, 3.05) is 13.7 Å². The van der Waals surface area contributed by atoms with Crippen LogP contribution in [-0.4, -0.2) is 42.3 Å². The molecular formula is C22H31NO4. The summed E-state index contributed by atoms with van der Waals surface area (Å²) < 4.78 is 4.81. The molecule has 1 fully saturated rings. The lowest BCUT2D eigenvalue weighted by Crippen LogP contribution is -2.45. The highest BCUT2D eigenvalue weighted by Gasteiger charge is 2.29. The molecule has 1 aliphatic carbocycles. The van der Waals surface area contributed by atoms with Crippen molar-refractivity contribution in [2.24, 2.45) is 5.92 Å². The maximum absolute atomic E-state index is 12.9. The summed E-state index contributed by atoms with van der Waals surface area (Å²) in [5.74, 6) is -0.737. The second-order valence-electron chi connectivity index (χ2n) is 7.55. The number of nitrogens with zero attached hydrogens (tertiary/aromatic N) is 1. The smallest absolute Gasteiger partial charge is 0.310 e. The topological polar surface area (TPSA) is 63.7 Å². The molecule has 5 nitrogen and oxygen atoms in total. The summed E-state index contributed by atoms with van der Waals surface area (Å²) in [7, 11) is 1.37. The van der Waals surface area contributed by atoms with Crippen LogP contribution in [0.15, 0.2) is 24.3 Å². The van der Waals surface area contributed by atoms with Crippen LogP contribution in [0.1, 0.15) is 67.8 Å². The molecule has 0 saturated heterocycles. The number of hydrogen-bond donors (Lipinski definition) is 0. The lowest BCUT2D eigenvalue weighted by Gasteiger charge is -2.35. The van der Waals surface area contributed by atoms with E-state index < -0.39 is 0 Å². The molecule has 148 valence electrons. The van der Waals surface area contributed by atoms with Gasteiger partial charge in [0.05, 0.1) is 13.0 Å². The number of hydrogen-bond acceptors (Lipinski definition) is 4. The summed E-state index contributed by atoms with van der Waals surface area (Å²) in [6, 6.07) is 7.58. The number of amides is 1. The third-order valence-corrected chi connectivity index (χ3v) is 5.35. The normalized spacial score (nSPS) is 15.8. The molecule has 1 aromatic rings. The minimum absolute atomic E-state index is 0.0204. The number of ether oxygens (including phenoxy) is 1. The predicted octanol–water partition coefficient (Wildman–Crippen LogP) is 3.93. The van der Waals surface area contributed by atoms with E-state index in [0.717, 1.165) is 31.2 Å². The Morgan fingerprint density at radius 1 is 1.07 bits per heavy atom. The molecule has 1 unspecified atom stereocenters. The first-order valence-corrected chi connectivity index (χ1v) is 9.89. The predicted molar refractivity (Wildman–Crippen MR) is 105 cm³/mol.